The summed E-state index contributed by atoms with van der Waals surface area (Å²) in [7, 11) is 3.21. The monoisotopic (exact) mass is 1150 g/mol. The molecule has 0 bridgehead atoms. The van der Waals surface area contributed by atoms with E-state index in [2.05, 4.69) is 52.7 Å². The van der Waals surface area contributed by atoms with Crippen LogP contribution in [0.1, 0.15) is 123 Å². The van der Waals surface area contributed by atoms with Crippen LogP contribution in [0.4, 0.5) is 0 Å². The number of nitrogens with one attached hydrogen (secondary N) is 6. The molecule has 1 aromatic carbocycles. The van der Waals surface area contributed by atoms with E-state index in [1.54, 1.807) is 14.1 Å². The van der Waals surface area contributed by atoms with E-state index < -0.39 is 177 Å². The molecule has 81 heavy (non-hydrogen) atoms. The Bertz CT molecular complexity index is 2280. The molecule has 26 heteroatoms. The van der Waals surface area contributed by atoms with Gasteiger partial charge < -0.3 is 88.1 Å². The van der Waals surface area contributed by atoms with Crippen molar-refractivity contribution in [3.8, 4) is 5.75 Å². The largest absolute Gasteiger partial charge is 0.508 e. The first kappa shape index (κ1) is 67.5. The van der Waals surface area contributed by atoms with Gasteiger partial charge >= 0.3 is 0 Å². The SMILES string of the molecule is CC[C@H](C)C[C@H](C)CCCCCCCCC(=O)N[C@H]1C[C@@H](O)[C@@H](CNC(=O)CN(C)C)NC(=O)C2[C@@H](O)CCN2C(=O)C([C@H](O)CC(N)=O)NC(=O)C(C(O)Cc2ccc(O)cc2)NC(=O)C2C[C@@H](O)CN2C(=O)C([C@@H](C)O)NC1=O. The van der Waals surface area contributed by atoms with E-state index in [4.69, 9.17) is 5.73 Å². The van der Waals surface area contributed by atoms with Crippen LogP contribution < -0.4 is 37.6 Å². The maximum Gasteiger partial charge on any atom is 0.248 e. The average molecular weight is 1150 g/mol. The highest BCUT2D eigenvalue weighted by Gasteiger charge is 2.48. The van der Waals surface area contributed by atoms with Gasteiger partial charge in [0.1, 0.15) is 42.0 Å². The van der Waals surface area contributed by atoms with E-state index in [-0.39, 0.29) is 25.1 Å². The number of aliphatic hydroxyl groups excluding tert-OH is 6. The summed E-state index contributed by atoms with van der Waals surface area (Å²) < 4.78 is 0. The average Bonchev–Trinajstić information content (AvgIpc) is 4.12. The number of benzene rings is 1. The van der Waals surface area contributed by atoms with Crippen molar-refractivity contribution in [3.63, 3.8) is 0 Å². The summed E-state index contributed by atoms with van der Waals surface area (Å²) in [5, 5.41) is 93.2. The highest BCUT2D eigenvalue weighted by Crippen LogP contribution is 2.25. The van der Waals surface area contributed by atoms with Crippen molar-refractivity contribution in [2.24, 2.45) is 17.6 Å². The quantitative estimate of drug-likeness (QED) is 0.0456. The maximum atomic E-state index is 14.7. The Labute approximate surface area is 473 Å². The van der Waals surface area contributed by atoms with Gasteiger partial charge in [0.05, 0.1) is 55.6 Å². The topological polar surface area (TPSA) is 403 Å². The lowest BCUT2D eigenvalue weighted by atomic mass is 9.91. The van der Waals surface area contributed by atoms with Crippen LogP contribution in [0.3, 0.4) is 0 Å². The fourth-order valence-electron chi connectivity index (χ4n) is 10.6. The minimum Gasteiger partial charge on any atom is -0.508 e. The molecule has 26 nitrogen and oxygen atoms in total. The normalized spacial score (nSPS) is 27.3. The highest BCUT2D eigenvalue weighted by atomic mass is 16.3. The molecule has 4 rings (SSSR count). The second-order valence-electron chi connectivity index (χ2n) is 22.7. The number of amides is 9. The Morgan fingerprint density at radius 1 is 0.728 bits per heavy atom. The van der Waals surface area contributed by atoms with Crippen molar-refractivity contribution < 1.29 is 78.9 Å². The van der Waals surface area contributed by atoms with Gasteiger partial charge in [-0.15, -0.1) is 0 Å². The third kappa shape index (κ3) is 21.0. The lowest BCUT2D eigenvalue weighted by Gasteiger charge is -2.34. The zero-order chi connectivity index (χ0) is 60.2. The van der Waals surface area contributed by atoms with Gasteiger partial charge in [-0.1, -0.05) is 77.8 Å². The molecule has 0 spiro atoms. The number of nitrogens with zero attached hydrogens (tertiary/aromatic N) is 3. The summed E-state index contributed by atoms with van der Waals surface area (Å²) in [6.07, 6.45) is -5.00. The van der Waals surface area contributed by atoms with E-state index in [1.165, 1.54) is 35.6 Å². The Morgan fingerprint density at radius 3 is 1.98 bits per heavy atom. The number of phenols is 1. The summed E-state index contributed by atoms with van der Waals surface area (Å²) in [4.78, 5) is 129. The summed E-state index contributed by atoms with van der Waals surface area (Å²) in [5.74, 6) is -8.33. The predicted molar refractivity (Wildman–Crippen MR) is 294 cm³/mol. The molecule has 456 valence electrons. The zero-order valence-corrected chi connectivity index (χ0v) is 47.6. The number of primary amides is 1. The Balaban J connectivity index is 1.77. The summed E-state index contributed by atoms with van der Waals surface area (Å²) in [6.45, 7) is 6.24. The molecule has 0 aromatic heterocycles. The molecule has 3 heterocycles. The number of aliphatic hydroxyl groups is 6. The molecule has 3 fully saturated rings. The molecule has 3 aliphatic rings. The van der Waals surface area contributed by atoms with Gasteiger partial charge in [0.25, 0.3) is 0 Å². The molecule has 0 radical (unpaired) electrons. The molecule has 3 saturated heterocycles. The number of carbonyl (C=O) groups is 9. The van der Waals surface area contributed by atoms with Gasteiger partial charge in [0.15, 0.2) is 0 Å². The molecule has 1 aromatic rings. The molecule has 9 amide bonds. The predicted octanol–water partition coefficient (Wildman–Crippen LogP) is -3.10. The minimum absolute atomic E-state index is 0.0612. The number of nitrogens with two attached hydrogens (primary N) is 1. The van der Waals surface area contributed by atoms with E-state index >= 15 is 0 Å². The van der Waals surface area contributed by atoms with E-state index in [0.29, 0.717) is 30.2 Å². The van der Waals surface area contributed by atoms with E-state index in [0.717, 1.165) is 55.2 Å². The van der Waals surface area contributed by atoms with Crippen LogP contribution in [-0.4, -0.2) is 223 Å². The van der Waals surface area contributed by atoms with Crippen LogP contribution in [0.2, 0.25) is 0 Å². The number of likely N-dealkylation sites (N-methyl/N-ethyl adjacent to an activating group) is 1. The van der Waals surface area contributed by atoms with Crippen molar-refractivity contribution in [1.82, 2.24) is 46.6 Å². The summed E-state index contributed by atoms with van der Waals surface area (Å²) in [5.41, 5.74) is 5.73. The zero-order valence-electron chi connectivity index (χ0n) is 47.6. The lowest BCUT2D eigenvalue weighted by Crippen LogP contribution is -2.64. The Kier molecular flexibility index (Phi) is 27.1. The van der Waals surface area contributed by atoms with Gasteiger partial charge in [-0.3, -0.25) is 43.2 Å². The number of hydrogen-bond donors (Lipinski definition) is 14. The number of rotatable bonds is 24. The fraction of sp³-hybridized carbons (Fsp3) is 0.727. The minimum atomic E-state index is -2.18. The first-order valence-electron chi connectivity index (χ1n) is 28.4. The van der Waals surface area contributed by atoms with Crippen molar-refractivity contribution in [3.05, 3.63) is 29.8 Å². The first-order chi connectivity index (χ1) is 38.2. The van der Waals surface area contributed by atoms with Crippen molar-refractivity contribution >= 4 is 53.2 Å². The van der Waals surface area contributed by atoms with Gasteiger partial charge in [0.2, 0.25) is 53.2 Å². The van der Waals surface area contributed by atoms with Gasteiger partial charge in [-0.05, 0) is 69.8 Å². The maximum absolute atomic E-state index is 14.7. The van der Waals surface area contributed by atoms with Gasteiger partial charge in [0, 0.05) is 45.3 Å². The molecular formula is C55H90N10O16. The molecule has 15 atom stereocenters. The van der Waals surface area contributed by atoms with E-state index in [1.807, 2.05) is 0 Å². The molecule has 3 aliphatic heterocycles. The Morgan fingerprint density at radius 2 is 1.35 bits per heavy atom. The van der Waals surface area contributed by atoms with Crippen molar-refractivity contribution in [2.75, 3.05) is 40.3 Å². The summed E-state index contributed by atoms with van der Waals surface area (Å²) >= 11 is 0. The molecule has 15 N–H and O–H groups in total. The Hall–Kier alpha value is -6.03. The number of fused-ring (bicyclic) bond motifs is 2. The first-order valence-corrected chi connectivity index (χ1v) is 28.4. The second kappa shape index (κ2) is 32.6. The molecule has 0 aliphatic carbocycles. The number of phenolic OH excluding ortho intramolecular Hbond substituents is 1. The lowest BCUT2D eigenvalue weighted by molar-refractivity contribution is -0.148. The van der Waals surface area contributed by atoms with E-state index in [9.17, 15) is 78.9 Å². The number of hydrogen-bond acceptors (Lipinski definition) is 17. The van der Waals surface area contributed by atoms with Gasteiger partial charge in [-0.25, -0.2) is 0 Å². The molecule has 0 saturated carbocycles. The highest BCUT2D eigenvalue weighted by molar-refractivity contribution is 5.98. The van der Waals surface area contributed by atoms with Crippen LogP contribution in [0.5, 0.6) is 5.75 Å². The van der Waals surface area contributed by atoms with Crippen LogP contribution >= 0.6 is 0 Å². The third-order valence-corrected chi connectivity index (χ3v) is 15.3. The van der Waals surface area contributed by atoms with Crippen molar-refractivity contribution in [2.45, 2.75) is 203 Å². The molecule has 6 unspecified atom stereocenters. The molecular weight excluding hydrogens is 1060 g/mol. The standard InChI is InChI=1S/C55H90N10O16/c1-7-30(2)22-31(3)14-12-10-8-9-11-13-15-44(74)58-36-25-40(70)37(27-57-45(75)29-63(5)6)59-53(79)49-39(69)20-21-64(49)55(81)48(42(72)26-43(56)73)62-52(78)47(41(71)23-33-16-18-34(67)19-17-33)61-51(77)38-24-35(68)28-65(38)54(80)46(32(4)66)60-50(36)76/h16-19,30-32,35-42,46-49,66-72H,7-15,20-29H2,1-6H3,(H2,56,73)(H,57,75)(H,58,74)(H,59,79)(H,60,76)(H,61,77)(H,62,78)/t30-,31+,32+,35+,36-,37+,38?,39-,40+,41?,42+,46?,47?,48?,49?/m0/s1. The van der Waals surface area contributed by atoms with Crippen LogP contribution in [-0.2, 0) is 49.6 Å². The summed E-state index contributed by atoms with van der Waals surface area (Å²) in [6, 6.07) is -7.56. The van der Waals surface area contributed by atoms with Crippen LogP contribution in [0.25, 0.3) is 0 Å². The van der Waals surface area contributed by atoms with Gasteiger partial charge in [-0.2, -0.15) is 0 Å². The number of carbonyl (C=O) groups excluding carboxylic acids is 9. The van der Waals surface area contributed by atoms with Crippen molar-refractivity contribution in [1.29, 1.82) is 0 Å². The van der Waals surface area contributed by atoms with Crippen LogP contribution in [0, 0.1) is 11.8 Å². The third-order valence-electron chi connectivity index (χ3n) is 15.3. The fourth-order valence-corrected chi connectivity index (χ4v) is 10.6. The number of aromatic hydroxyl groups is 1. The smallest absolute Gasteiger partial charge is 0.248 e. The second-order valence-corrected chi connectivity index (χ2v) is 22.7. The number of unbranched alkanes of at least 4 members (excludes halogenated alkanes) is 5. The van der Waals surface area contributed by atoms with Crippen LogP contribution in [0.15, 0.2) is 24.3 Å².